The van der Waals surface area contributed by atoms with Gasteiger partial charge < -0.3 is 9.80 Å². The van der Waals surface area contributed by atoms with Crippen LogP contribution < -0.4 is 10.5 Å². The molecule has 4 rings (SSSR count). The molecular weight excluding hydrogens is 324 g/mol. The van der Waals surface area contributed by atoms with E-state index in [-0.39, 0.29) is 5.56 Å². The van der Waals surface area contributed by atoms with E-state index in [9.17, 15) is 9.59 Å². The van der Waals surface area contributed by atoms with Crippen LogP contribution in [0.4, 0.5) is 5.82 Å². The Hall–Kier alpha value is -3.43. The van der Waals surface area contributed by atoms with Gasteiger partial charge in [-0.05, 0) is 0 Å². The maximum absolute atomic E-state index is 12.6. The zero-order chi connectivity index (χ0) is 17.2. The van der Waals surface area contributed by atoms with Crippen molar-refractivity contribution in [2.45, 2.75) is 0 Å². The van der Waals surface area contributed by atoms with Crippen molar-refractivity contribution in [1.82, 2.24) is 34.2 Å². The van der Waals surface area contributed by atoms with Crippen molar-refractivity contribution in [3.63, 3.8) is 0 Å². The van der Waals surface area contributed by atoms with Gasteiger partial charge in [0.05, 0.1) is 6.33 Å². The maximum atomic E-state index is 12.6. The highest BCUT2D eigenvalue weighted by Crippen LogP contribution is 2.15. The molecule has 0 unspecified atom stereocenters. The van der Waals surface area contributed by atoms with E-state index < -0.39 is 0 Å². The molecule has 0 radical (unpaired) electrons. The second-order valence-electron chi connectivity index (χ2n) is 5.63. The Balaban J connectivity index is 1.62. The average molecular weight is 340 g/mol. The summed E-state index contributed by atoms with van der Waals surface area (Å²) in [6.45, 7) is 2.68. The number of carbonyl (C=O) groups is 1. The Morgan fingerprint density at radius 3 is 2.64 bits per heavy atom. The lowest BCUT2D eigenvalue weighted by Crippen LogP contribution is -2.46. The minimum Gasteiger partial charge on any atom is -0.353 e. The number of rotatable bonds is 4. The first-order valence-corrected chi connectivity index (χ1v) is 7.82. The highest BCUT2D eigenvalue weighted by Gasteiger charge is 2.18. The van der Waals surface area contributed by atoms with Gasteiger partial charge in [-0.25, -0.2) is 15.0 Å². The molecule has 10 nitrogen and oxygen atoms in total. The Morgan fingerprint density at radius 1 is 1.12 bits per heavy atom. The van der Waals surface area contributed by atoms with E-state index in [0.29, 0.717) is 37.7 Å². The molecule has 10 heteroatoms. The minimum atomic E-state index is -0.228. The molecule has 25 heavy (non-hydrogen) atoms. The van der Waals surface area contributed by atoms with Gasteiger partial charge in [0, 0.05) is 50.8 Å². The van der Waals surface area contributed by atoms with Crippen LogP contribution in [0.15, 0.2) is 42.1 Å². The van der Waals surface area contributed by atoms with Gasteiger partial charge in [-0.15, -0.1) is 0 Å². The summed E-state index contributed by atoms with van der Waals surface area (Å²) in [5, 5.41) is 2.92. The lowest BCUT2D eigenvalue weighted by molar-refractivity contribution is -0.118. The Kier molecular flexibility index (Phi) is 3.77. The van der Waals surface area contributed by atoms with E-state index in [4.69, 9.17) is 0 Å². The van der Waals surface area contributed by atoms with Crippen LogP contribution in [0, 0.1) is 0 Å². The third-order valence-electron chi connectivity index (χ3n) is 4.19. The van der Waals surface area contributed by atoms with Crippen LogP contribution in [0.1, 0.15) is 0 Å². The molecular formula is C15H16N8O2. The quantitative estimate of drug-likeness (QED) is 0.637. The molecule has 128 valence electrons. The molecule has 0 spiro atoms. The fourth-order valence-electron chi connectivity index (χ4n) is 2.81. The zero-order valence-electron chi connectivity index (χ0n) is 13.3. The van der Waals surface area contributed by atoms with Crippen LogP contribution in [-0.2, 0) is 4.79 Å². The van der Waals surface area contributed by atoms with Gasteiger partial charge >= 0.3 is 0 Å². The monoisotopic (exact) mass is 340 g/mol. The standard InChI is InChI=1S/C15H16N8O2/c24-11-20-3-5-21(6-4-20)13-7-14(18-9-17-13)23-15(25)12(8-19-23)22-2-1-16-10-22/h1-2,7-11,19H,3-6H2. The van der Waals surface area contributed by atoms with Gasteiger partial charge in [0.2, 0.25) is 6.41 Å². The van der Waals surface area contributed by atoms with Crippen molar-refractivity contribution in [2.75, 3.05) is 31.1 Å². The second-order valence-corrected chi connectivity index (χ2v) is 5.63. The molecule has 1 N–H and O–H groups in total. The third-order valence-corrected chi connectivity index (χ3v) is 4.19. The molecule has 0 aromatic carbocycles. The number of nitrogens with zero attached hydrogens (tertiary/aromatic N) is 7. The summed E-state index contributed by atoms with van der Waals surface area (Å²) in [5.74, 6) is 1.18. The minimum absolute atomic E-state index is 0.228. The number of hydrogen-bond donors (Lipinski definition) is 1. The van der Waals surface area contributed by atoms with Crippen molar-refractivity contribution in [3.8, 4) is 11.5 Å². The zero-order valence-corrected chi connectivity index (χ0v) is 13.3. The molecule has 0 bridgehead atoms. The van der Waals surface area contributed by atoms with Crippen LogP contribution in [0.5, 0.6) is 0 Å². The number of carbonyl (C=O) groups excluding carboxylic acids is 1. The summed E-state index contributed by atoms with van der Waals surface area (Å²) in [5.41, 5.74) is 0.227. The van der Waals surface area contributed by atoms with Crippen molar-refractivity contribution in [2.24, 2.45) is 0 Å². The summed E-state index contributed by atoms with van der Waals surface area (Å²) >= 11 is 0. The lowest BCUT2D eigenvalue weighted by Gasteiger charge is -2.33. The number of aromatic amines is 1. The Morgan fingerprint density at radius 2 is 1.92 bits per heavy atom. The van der Waals surface area contributed by atoms with Gasteiger partial charge in [0.25, 0.3) is 5.56 Å². The number of anilines is 1. The molecule has 3 aromatic rings. The van der Waals surface area contributed by atoms with E-state index in [2.05, 4.69) is 25.0 Å². The molecule has 0 saturated carbocycles. The number of piperazine rings is 1. The molecule has 3 aromatic heterocycles. The highest BCUT2D eigenvalue weighted by atomic mass is 16.1. The van der Waals surface area contributed by atoms with Crippen LogP contribution in [0.2, 0.25) is 0 Å². The predicted octanol–water partition coefficient (Wildman–Crippen LogP) is -0.580. The number of nitrogens with one attached hydrogen (secondary N) is 1. The molecule has 1 aliphatic rings. The van der Waals surface area contributed by atoms with E-state index in [1.807, 2.05) is 0 Å². The SMILES string of the molecule is O=CN1CCN(c2cc(-n3[nH]cc(-n4ccnc4)c3=O)ncn2)CC1. The molecule has 1 fully saturated rings. The van der Waals surface area contributed by atoms with E-state index in [0.717, 1.165) is 12.2 Å². The normalized spacial score (nSPS) is 14.7. The van der Waals surface area contributed by atoms with Crippen LogP contribution in [0.25, 0.3) is 11.5 Å². The Bertz CT molecular complexity index is 921. The van der Waals surface area contributed by atoms with Crippen LogP contribution >= 0.6 is 0 Å². The largest absolute Gasteiger partial charge is 0.353 e. The number of imidazole rings is 1. The summed E-state index contributed by atoms with van der Waals surface area (Å²) in [6, 6.07) is 1.76. The summed E-state index contributed by atoms with van der Waals surface area (Å²) in [7, 11) is 0. The topological polar surface area (TPSA) is 105 Å². The molecule has 4 heterocycles. The van der Waals surface area contributed by atoms with Gasteiger partial charge in [0.1, 0.15) is 17.8 Å². The van der Waals surface area contributed by atoms with Crippen molar-refractivity contribution < 1.29 is 4.79 Å². The van der Waals surface area contributed by atoms with Crippen molar-refractivity contribution in [3.05, 3.63) is 47.7 Å². The van der Waals surface area contributed by atoms with Crippen LogP contribution in [0.3, 0.4) is 0 Å². The summed E-state index contributed by atoms with van der Waals surface area (Å²) in [6.07, 6.45) is 8.77. The van der Waals surface area contributed by atoms with Crippen molar-refractivity contribution >= 4 is 12.2 Å². The highest BCUT2D eigenvalue weighted by molar-refractivity contribution is 5.50. The van der Waals surface area contributed by atoms with Gasteiger partial charge in [-0.3, -0.25) is 19.3 Å². The molecule has 1 amide bonds. The maximum Gasteiger partial charge on any atom is 0.296 e. The number of aromatic nitrogens is 6. The summed E-state index contributed by atoms with van der Waals surface area (Å²) in [4.78, 5) is 39.6. The molecule has 0 aliphatic carbocycles. The van der Waals surface area contributed by atoms with Crippen LogP contribution in [-0.4, -0.2) is 66.8 Å². The summed E-state index contributed by atoms with van der Waals surface area (Å²) < 4.78 is 3.00. The van der Waals surface area contributed by atoms with Gasteiger partial charge in [-0.1, -0.05) is 0 Å². The Labute approximate surface area is 142 Å². The van der Waals surface area contributed by atoms with E-state index in [1.54, 1.807) is 40.5 Å². The predicted molar refractivity (Wildman–Crippen MR) is 89.0 cm³/mol. The third kappa shape index (κ3) is 2.77. The smallest absolute Gasteiger partial charge is 0.296 e. The molecule has 1 aliphatic heterocycles. The van der Waals surface area contributed by atoms with Gasteiger partial charge in [0.15, 0.2) is 5.82 Å². The first-order chi connectivity index (χ1) is 12.3. The number of H-pyrrole nitrogens is 1. The van der Waals surface area contributed by atoms with E-state index in [1.165, 1.54) is 11.0 Å². The van der Waals surface area contributed by atoms with Gasteiger partial charge in [-0.2, -0.15) is 4.68 Å². The fraction of sp³-hybridized carbons (Fsp3) is 0.267. The first kappa shape index (κ1) is 15.1. The average Bonchev–Trinajstić information content (AvgIpc) is 3.31. The molecule has 0 atom stereocenters. The first-order valence-electron chi connectivity index (χ1n) is 7.82. The second kappa shape index (κ2) is 6.23. The fourth-order valence-corrected chi connectivity index (χ4v) is 2.81. The molecule has 1 saturated heterocycles. The van der Waals surface area contributed by atoms with E-state index >= 15 is 0 Å². The van der Waals surface area contributed by atoms with Crippen molar-refractivity contribution in [1.29, 1.82) is 0 Å². The number of hydrogen-bond acceptors (Lipinski definition) is 6. The lowest BCUT2D eigenvalue weighted by atomic mass is 10.3. The number of amides is 1.